The lowest BCUT2D eigenvalue weighted by molar-refractivity contribution is -0.139. The summed E-state index contributed by atoms with van der Waals surface area (Å²) in [4.78, 5) is 16.2. The Kier molecular flexibility index (Phi) is 5.77. The van der Waals surface area contributed by atoms with Gasteiger partial charge in [0.2, 0.25) is 0 Å². The number of nitrogens with zero attached hydrogens (tertiary/aromatic N) is 4. The van der Waals surface area contributed by atoms with Crippen molar-refractivity contribution in [2.45, 2.75) is 47.6 Å². The number of esters is 1. The summed E-state index contributed by atoms with van der Waals surface area (Å²) in [5.74, 6) is 2.30. The van der Waals surface area contributed by atoms with E-state index in [1.807, 2.05) is 37.5 Å². The Labute approximate surface area is 163 Å². The topological polar surface area (TPSA) is 96.2 Å². The van der Waals surface area contributed by atoms with Crippen LogP contribution >= 0.6 is 0 Å². The molecule has 3 heterocycles. The van der Waals surface area contributed by atoms with Gasteiger partial charge in [0.1, 0.15) is 5.76 Å². The summed E-state index contributed by atoms with van der Waals surface area (Å²) in [6.07, 6.45) is 3.82. The van der Waals surface area contributed by atoms with Crippen LogP contribution in [0.4, 0.5) is 0 Å². The van der Waals surface area contributed by atoms with Crippen molar-refractivity contribution in [1.29, 1.82) is 0 Å². The quantitative estimate of drug-likeness (QED) is 0.452. The van der Waals surface area contributed by atoms with Crippen LogP contribution in [0.15, 0.2) is 27.3 Å². The van der Waals surface area contributed by atoms with Crippen LogP contribution in [0.3, 0.4) is 0 Å². The molecule has 8 heteroatoms. The van der Waals surface area contributed by atoms with E-state index in [-0.39, 0.29) is 12.5 Å². The smallest absolute Gasteiger partial charge is 0.331 e. The Balaban J connectivity index is 1.62. The number of ether oxygens (including phenoxy) is 1. The molecule has 3 rings (SSSR count). The van der Waals surface area contributed by atoms with Gasteiger partial charge in [-0.1, -0.05) is 24.2 Å². The fraction of sp³-hybridized carbons (Fsp3) is 0.400. The van der Waals surface area contributed by atoms with Crippen LogP contribution in [-0.4, -0.2) is 25.8 Å². The summed E-state index contributed by atoms with van der Waals surface area (Å²) in [7, 11) is 0. The minimum absolute atomic E-state index is 0.0501. The zero-order chi connectivity index (χ0) is 20.3. The van der Waals surface area contributed by atoms with Gasteiger partial charge in [-0.2, -0.15) is 4.98 Å². The summed E-state index contributed by atoms with van der Waals surface area (Å²) in [5.41, 5.74) is 2.83. The molecule has 0 aliphatic rings. The molecule has 148 valence electrons. The molecule has 0 saturated heterocycles. The zero-order valence-corrected chi connectivity index (χ0v) is 16.7. The van der Waals surface area contributed by atoms with Crippen molar-refractivity contribution in [3.63, 3.8) is 0 Å². The number of carbonyl (C=O) groups excluding carboxylic acids is 1. The largest absolute Gasteiger partial charge is 0.452 e. The number of hydrogen-bond donors (Lipinski definition) is 0. The third kappa shape index (κ3) is 4.57. The molecule has 0 aliphatic heterocycles. The lowest BCUT2D eigenvalue weighted by atomic mass is 10.1. The van der Waals surface area contributed by atoms with Crippen LogP contribution in [0.2, 0.25) is 0 Å². The molecule has 0 aromatic carbocycles. The highest BCUT2D eigenvalue weighted by atomic mass is 16.6. The van der Waals surface area contributed by atoms with E-state index < -0.39 is 5.97 Å². The molecule has 3 aromatic rings. The second-order valence-corrected chi connectivity index (χ2v) is 7.10. The van der Waals surface area contributed by atoms with E-state index in [1.54, 1.807) is 6.08 Å². The van der Waals surface area contributed by atoms with Gasteiger partial charge in [-0.3, -0.25) is 4.57 Å². The highest BCUT2D eigenvalue weighted by Gasteiger charge is 2.13. The van der Waals surface area contributed by atoms with E-state index >= 15 is 0 Å². The predicted octanol–water partition coefficient (Wildman–Crippen LogP) is 3.73. The number of aromatic nitrogens is 4. The first-order valence-electron chi connectivity index (χ1n) is 9.12. The van der Waals surface area contributed by atoms with Gasteiger partial charge in [-0.15, -0.1) is 0 Å². The fourth-order valence-corrected chi connectivity index (χ4v) is 2.90. The Morgan fingerprint density at radius 1 is 1.21 bits per heavy atom. The van der Waals surface area contributed by atoms with Crippen LogP contribution < -0.4 is 0 Å². The maximum atomic E-state index is 12.0. The van der Waals surface area contributed by atoms with E-state index in [4.69, 9.17) is 13.8 Å². The Bertz CT molecular complexity index is 994. The second kappa shape index (κ2) is 8.24. The summed E-state index contributed by atoms with van der Waals surface area (Å²) >= 11 is 0. The molecule has 0 bridgehead atoms. The number of carbonyl (C=O) groups is 1. The van der Waals surface area contributed by atoms with Crippen molar-refractivity contribution in [3.05, 3.63) is 52.6 Å². The first-order chi connectivity index (χ1) is 13.3. The van der Waals surface area contributed by atoms with E-state index in [1.165, 1.54) is 6.08 Å². The SMILES string of the molecule is Cc1cc(-n2c(C)cc(/C=C/C(=O)OCc3nc(CC(C)C)no3)c2C)no1. The molecular weight excluding hydrogens is 360 g/mol. The van der Waals surface area contributed by atoms with Crippen molar-refractivity contribution in [2.24, 2.45) is 5.92 Å². The molecule has 0 unspecified atom stereocenters. The molecule has 0 N–H and O–H groups in total. The summed E-state index contributed by atoms with van der Waals surface area (Å²) in [5, 5.41) is 7.92. The second-order valence-electron chi connectivity index (χ2n) is 7.10. The predicted molar refractivity (Wildman–Crippen MR) is 102 cm³/mol. The van der Waals surface area contributed by atoms with Gasteiger partial charge in [0, 0.05) is 30.0 Å². The molecule has 8 nitrogen and oxygen atoms in total. The number of rotatable bonds is 7. The van der Waals surface area contributed by atoms with E-state index in [0.717, 1.165) is 29.1 Å². The molecule has 0 fully saturated rings. The van der Waals surface area contributed by atoms with Crippen LogP contribution in [0.5, 0.6) is 0 Å². The molecule has 28 heavy (non-hydrogen) atoms. The molecular formula is C20H24N4O4. The Hall–Kier alpha value is -3.16. The molecule has 0 saturated carbocycles. The van der Waals surface area contributed by atoms with Gasteiger partial charge in [0.25, 0.3) is 5.89 Å². The molecule has 0 aliphatic carbocycles. The minimum Gasteiger partial charge on any atom is -0.452 e. The van der Waals surface area contributed by atoms with Crippen molar-refractivity contribution in [2.75, 3.05) is 0 Å². The average Bonchev–Trinajstić information content (AvgIpc) is 3.31. The van der Waals surface area contributed by atoms with Crippen LogP contribution in [-0.2, 0) is 22.6 Å². The van der Waals surface area contributed by atoms with Gasteiger partial charge >= 0.3 is 5.97 Å². The lowest BCUT2D eigenvalue weighted by Gasteiger charge is -2.03. The summed E-state index contributed by atoms with van der Waals surface area (Å²) in [6.45, 7) is 9.86. The molecule has 0 atom stereocenters. The number of hydrogen-bond acceptors (Lipinski definition) is 7. The third-order valence-electron chi connectivity index (χ3n) is 4.15. The van der Waals surface area contributed by atoms with Gasteiger partial charge in [-0.05, 0) is 44.4 Å². The fourth-order valence-electron chi connectivity index (χ4n) is 2.90. The van der Waals surface area contributed by atoms with Crippen molar-refractivity contribution >= 4 is 12.0 Å². The van der Waals surface area contributed by atoms with Crippen molar-refractivity contribution in [3.8, 4) is 5.82 Å². The maximum Gasteiger partial charge on any atom is 0.331 e. The third-order valence-corrected chi connectivity index (χ3v) is 4.15. The highest BCUT2D eigenvalue weighted by molar-refractivity contribution is 5.87. The van der Waals surface area contributed by atoms with Crippen molar-refractivity contribution < 1.29 is 18.6 Å². The maximum absolute atomic E-state index is 12.0. The van der Waals surface area contributed by atoms with Gasteiger partial charge < -0.3 is 13.8 Å². The summed E-state index contributed by atoms with van der Waals surface area (Å²) < 4.78 is 17.4. The minimum atomic E-state index is -0.481. The molecule has 0 radical (unpaired) electrons. The first kappa shape index (κ1) is 19.6. The Morgan fingerprint density at radius 3 is 2.68 bits per heavy atom. The highest BCUT2D eigenvalue weighted by Crippen LogP contribution is 2.21. The van der Waals surface area contributed by atoms with Gasteiger partial charge in [0.05, 0.1) is 0 Å². The van der Waals surface area contributed by atoms with Gasteiger partial charge in [0.15, 0.2) is 18.2 Å². The molecule has 0 amide bonds. The summed E-state index contributed by atoms with van der Waals surface area (Å²) in [6, 6.07) is 3.83. The molecule has 3 aromatic heterocycles. The van der Waals surface area contributed by atoms with E-state index in [2.05, 4.69) is 29.1 Å². The van der Waals surface area contributed by atoms with Crippen LogP contribution in [0, 0.1) is 26.7 Å². The van der Waals surface area contributed by atoms with Crippen LogP contribution in [0.1, 0.15) is 48.3 Å². The Morgan fingerprint density at radius 2 is 2.00 bits per heavy atom. The number of aryl methyl sites for hydroxylation is 2. The normalized spacial score (nSPS) is 11.6. The van der Waals surface area contributed by atoms with Gasteiger partial charge in [-0.25, -0.2) is 4.79 Å². The standard InChI is InChI=1S/C20H24N4O4/c1-12(2)8-17-21-19(28-22-17)11-26-20(25)7-6-16-9-13(3)24(15(16)5)18-10-14(4)27-23-18/h6-7,9-10,12H,8,11H2,1-5H3/b7-6+. The van der Waals surface area contributed by atoms with Crippen molar-refractivity contribution in [1.82, 2.24) is 19.9 Å². The monoisotopic (exact) mass is 384 g/mol. The van der Waals surface area contributed by atoms with E-state index in [9.17, 15) is 4.79 Å². The lowest BCUT2D eigenvalue weighted by Crippen LogP contribution is -2.02. The molecule has 0 spiro atoms. The van der Waals surface area contributed by atoms with E-state index in [0.29, 0.717) is 17.6 Å². The zero-order valence-electron chi connectivity index (χ0n) is 16.7. The first-order valence-corrected chi connectivity index (χ1v) is 9.12. The van der Waals surface area contributed by atoms with Crippen LogP contribution in [0.25, 0.3) is 11.9 Å². The average molecular weight is 384 g/mol.